The van der Waals surface area contributed by atoms with Crippen LogP contribution in [0.25, 0.3) is 0 Å². The van der Waals surface area contributed by atoms with Gasteiger partial charge in [-0.1, -0.05) is 6.07 Å². The summed E-state index contributed by atoms with van der Waals surface area (Å²) in [6.07, 6.45) is -5.13. The van der Waals surface area contributed by atoms with E-state index in [1.54, 1.807) is 12.1 Å². The van der Waals surface area contributed by atoms with Gasteiger partial charge in [0.15, 0.2) is 17.5 Å². The van der Waals surface area contributed by atoms with E-state index in [-0.39, 0.29) is 42.8 Å². The van der Waals surface area contributed by atoms with Gasteiger partial charge in [0.2, 0.25) is 0 Å². The fourth-order valence-electron chi connectivity index (χ4n) is 1.67. The molecule has 0 saturated heterocycles. The Morgan fingerprint density at radius 2 is 2.00 bits per heavy atom. The van der Waals surface area contributed by atoms with Gasteiger partial charge in [0.25, 0.3) is 0 Å². The van der Waals surface area contributed by atoms with Crippen LogP contribution in [0.5, 0.6) is 11.5 Å². The Kier molecular flexibility index (Phi) is 9.77. The van der Waals surface area contributed by atoms with Crippen molar-refractivity contribution < 1.29 is 23.0 Å². The van der Waals surface area contributed by atoms with Crippen molar-refractivity contribution in [3.05, 3.63) is 23.8 Å². The van der Waals surface area contributed by atoms with E-state index in [2.05, 4.69) is 15.6 Å². The van der Waals surface area contributed by atoms with Crippen molar-refractivity contribution >= 4 is 29.9 Å². The molecule has 1 aromatic carbocycles. The minimum absolute atomic E-state index is 0. The van der Waals surface area contributed by atoms with Gasteiger partial charge in [-0.25, -0.2) is 4.99 Å². The molecular formula is C14H21F3IN3O2. The minimum Gasteiger partial charge on any atom is -0.504 e. The lowest BCUT2D eigenvalue weighted by molar-refractivity contribution is -0.132. The van der Waals surface area contributed by atoms with Crippen molar-refractivity contribution in [2.45, 2.75) is 26.1 Å². The molecule has 0 spiro atoms. The van der Waals surface area contributed by atoms with Gasteiger partial charge in [0.1, 0.15) is 0 Å². The van der Waals surface area contributed by atoms with Gasteiger partial charge in [-0.3, -0.25) is 0 Å². The van der Waals surface area contributed by atoms with Crippen molar-refractivity contribution in [1.29, 1.82) is 0 Å². The van der Waals surface area contributed by atoms with Gasteiger partial charge in [-0.05, 0) is 24.6 Å². The second kappa shape index (κ2) is 10.4. The number of nitrogens with zero attached hydrogens (tertiary/aromatic N) is 1. The normalized spacial score (nSPS) is 11.6. The molecule has 9 heteroatoms. The third kappa shape index (κ3) is 8.72. The first-order chi connectivity index (χ1) is 10.4. The number of hydrogen-bond acceptors (Lipinski definition) is 3. The second-order valence-electron chi connectivity index (χ2n) is 4.49. The Bertz CT molecular complexity index is 511. The summed E-state index contributed by atoms with van der Waals surface area (Å²) in [6.45, 7) is 2.33. The lowest BCUT2D eigenvalue weighted by Gasteiger charge is -2.12. The van der Waals surface area contributed by atoms with Crippen LogP contribution in [-0.4, -0.2) is 37.4 Å². The standard InChI is InChI=1S/C14H20F3N3O2.HI/c1-3-18-13(19-7-6-14(15,16)17)20-9-10-4-5-12(22-2)11(21)8-10;/h4-5,8,21H,3,6-7,9H2,1-2H3,(H2,18,19,20);1H. The zero-order valence-electron chi connectivity index (χ0n) is 12.9. The first-order valence-corrected chi connectivity index (χ1v) is 6.80. The summed E-state index contributed by atoms with van der Waals surface area (Å²) in [5.41, 5.74) is 0.714. The molecule has 23 heavy (non-hydrogen) atoms. The zero-order valence-corrected chi connectivity index (χ0v) is 15.2. The molecule has 0 aliphatic rings. The van der Waals surface area contributed by atoms with Crippen LogP contribution in [0, 0.1) is 0 Å². The highest BCUT2D eigenvalue weighted by Crippen LogP contribution is 2.26. The number of guanidine groups is 1. The number of halogens is 4. The van der Waals surface area contributed by atoms with Crippen molar-refractivity contribution in [1.82, 2.24) is 10.6 Å². The molecule has 0 amide bonds. The van der Waals surface area contributed by atoms with Crippen LogP contribution in [0.1, 0.15) is 18.9 Å². The summed E-state index contributed by atoms with van der Waals surface area (Å²) in [5, 5.41) is 15.1. The number of benzene rings is 1. The Morgan fingerprint density at radius 1 is 1.30 bits per heavy atom. The van der Waals surface area contributed by atoms with Crippen molar-refractivity contribution in [3.8, 4) is 11.5 Å². The molecule has 1 rings (SSSR count). The largest absolute Gasteiger partial charge is 0.504 e. The van der Waals surface area contributed by atoms with Gasteiger partial charge in [0, 0.05) is 13.1 Å². The third-order valence-corrected chi connectivity index (χ3v) is 2.71. The van der Waals surface area contributed by atoms with Crippen molar-refractivity contribution in [3.63, 3.8) is 0 Å². The maximum Gasteiger partial charge on any atom is 0.390 e. The van der Waals surface area contributed by atoms with Gasteiger partial charge >= 0.3 is 6.18 Å². The average molecular weight is 447 g/mol. The smallest absolute Gasteiger partial charge is 0.390 e. The van der Waals surface area contributed by atoms with Gasteiger partial charge in [0.05, 0.1) is 20.1 Å². The van der Waals surface area contributed by atoms with Gasteiger partial charge < -0.3 is 20.5 Å². The lowest BCUT2D eigenvalue weighted by Crippen LogP contribution is -2.38. The molecule has 0 saturated carbocycles. The van der Waals surface area contributed by atoms with E-state index in [0.717, 1.165) is 0 Å². The Morgan fingerprint density at radius 3 is 2.52 bits per heavy atom. The van der Waals surface area contributed by atoms with E-state index in [1.807, 2.05) is 6.92 Å². The molecule has 0 atom stereocenters. The average Bonchev–Trinajstić information content (AvgIpc) is 2.43. The maximum atomic E-state index is 12.1. The fourth-order valence-corrected chi connectivity index (χ4v) is 1.67. The summed E-state index contributed by atoms with van der Waals surface area (Å²) >= 11 is 0. The molecular weight excluding hydrogens is 426 g/mol. The van der Waals surface area contributed by atoms with Crippen LogP contribution in [0.4, 0.5) is 13.2 Å². The summed E-state index contributed by atoms with van der Waals surface area (Å²) in [5.74, 6) is 0.634. The molecule has 0 aromatic heterocycles. The Labute approximate surface area is 150 Å². The summed E-state index contributed by atoms with van der Waals surface area (Å²) < 4.78 is 41.3. The number of aromatic hydroxyl groups is 1. The number of alkyl halides is 3. The summed E-state index contributed by atoms with van der Waals surface area (Å²) in [4.78, 5) is 4.18. The molecule has 0 bridgehead atoms. The molecule has 0 aliphatic carbocycles. The van der Waals surface area contributed by atoms with Crippen LogP contribution in [0.15, 0.2) is 23.2 Å². The van der Waals surface area contributed by atoms with Crippen LogP contribution in [0.3, 0.4) is 0 Å². The van der Waals surface area contributed by atoms with E-state index >= 15 is 0 Å². The van der Waals surface area contributed by atoms with Crippen LogP contribution in [0.2, 0.25) is 0 Å². The van der Waals surface area contributed by atoms with Gasteiger partial charge in [-0.2, -0.15) is 13.2 Å². The molecule has 0 heterocycles. The highest BCUT2D eigenvalue weighted by molar-refractivity contribution is 14.0. The molecule has 0 fully saturated rings. The van der Waals surface area contributed by atoms with Crippen LogP contribution < -0.4 is 15.4 Å². The van der Waals surface area contributed by atoms with Crippen molar-refractivity contribution in [2.24, 2.45) is 4.99 Å². The molecule has 3 N–H and O–H groups in total. The predicted molar refractivity (Wildman–Crippen MR) is 93.6 cm³/mol. The van der Waals surface area contributed by atoms with E-state index in [0.29, 0.717) is 23.8 Å². The third-order valence-electron chi connectivity index (χ3n) is 2.71. The highest BCUT2D eigenvalue weighted by atomic mass is 127. The first kappa shape index (κ1) is 21.6. The summed E-state index contributed by atoms with van der Waals surface area (Å²) in [7, 11) is 1.45. The molecule has 1 aromatic rings. The van der Waals surface area contributed by atoms with Crippen molar-refractivity contribution in [2.75, 3.05) is 20.2 Å². The van der Waals surface area contributed by atoms with Gasteiger partial charge in [-0.15, -0.1) is 24.0 Å². The second-order valence-corrected chi connectivity index (χ2v) is 4.49. The quantitative estimate of drug-likeness (QED) is 0.357. The SMILES string of the molecule is CCNC(=NCc1ccc(OC)c(O)c1)NCCC(F)(F)F.I. The minimum atomic E-state index is -4.20. The van der Waals surface area contributed by atoms with Crippen LogP contribution in [-0.2, 0) is 6.54 Å². The maximum absolute atomic E-state index is 12.1. The molecule has 0 aliphatic heterocycles. The van der Waals surface area contributed by atoms with E-state index in [1.165, 1.54) is 13.2 Å². The Hall–Kier alpha value is -1.39. The molecule has 5 nitrogen and oxygen atoms in total. The molecule has 132 valence electrons. The number of rotatable bonds is 6. The number of hydrogen-bond donors (Lipinski definition) is 3. The summed E-state index contributed by atoms with van der Waals surface area (Å²) in [6, 6.07) is 4.83. The topological polar surface area (TPSA) is 65.9 Å². The number of ether oxygens (including phenoxy) is 1. The molecule has 0 radical (unpaired) electrons. The number of nitrogens with one attached hydrogen (secondary N) is 2. The van der Waals surface area contributed by atoms with E-state index < -0.39 is 12.6 Å². The van der Waals surface area contributed by atoms with E-state index in [4.69, 9.17) is 4.74 Å². The lowest BCUT2D eigenvalue weighted by atomic mass is 10.2. The van der Waals surface area contributed by atoms with Crippen LogP contribution >= 0.6 is 24.0 Å². The number of phenols is 1. The number of phenolic OH excluding ortho intramolecular Hbond substituents is 1. The van der Waals surface area contributed by atoms with E-state index in [9.17, 15) is 18.3 Å². The Balaban J connectivity index is 0.00000484. The highest BCUT2D eigenvalue weighted by Gasteiger charge is 2.26. The fraction of sp³-hybridized carbons (Fsp3) is 0.500. The number of aliphatic imine (C=N–C) groups is 1. The predicted octanol–water partition coefficient (Wildman–Crippen LogP) is 3.03. The monoisotopic (exact) mass is 447 g/mol. The zero-order chi connectivity index (χ0) is 16.6. The first-order valence-electron chi connectivity index (χ1n) is 6.80. The number of methoxy groups -OCH3 is 1. The molecule has 0 unspecified atom stereocenters.